The summed E-state index contributed by atoms with van der Waals surface area (Å²) in [5, 5.41) is 2.58. The van der Waals surface area contributed by atoms with E-state index in [0.29, 0.717) is 17.1 Å². The number of nitrogens with zero attached hydrogens (tertiary/aromatic N) is 1. The molecular formula is C13H16N2O3. The molecule has 0 aliphatic rings. The number of methoxy groups -OCH3 is 1. The van der Waals surface area contributed by atoms with Crippen LogP contribution in [0.2, 0.25) is 0 Å². The molecule has 0 bridgehead atoms. The van der Waals surface area contributed by atoms with Crippen molar-refractivity contribution in [2.75, 3.05) is 12.4 Å². The molecule has 0 fully saturated rings. The summed E-state index contributed by atoms with van der Waals surface area (Å²) in [7, 11) is 1.47. The summed E-state index contributed by atoms with van der Waals surface area (Å²) < 4.78 is 10.2. The van der Waals surface area contributed by atoms with Gasteiger partial charge in [0.25, 0.3) is 0 Å². The zero-order valence-electron chi connectivity index (χ0n) is 10.9. The topological polar surface area (TPSA) is 51.9 Å². The van der Waals surface area contributed by atoms with Crippen molar-refractivity contribution >= 4 is 17.5 Å². The molecule has 0 aromatic heterocycles. The Labute approximate surface area is 107 Å². The maximum atomic E-state index is 11.5. The van der Waals surface area contributed by atoms with Gasteiger partial charge in [0.05, 0.1) is 13.7 Å². The van der Waals surface area contributed by atoms with E-state index in [-0.39, 0.29) is 0 Å². The number of carbonyl (C=O) groups is 1. The van der Waals surface area contributed by atoms with E-state index in [1.54, 1.807) is 39.0 Å². The minimum atomic E-state index is -0.551. The van der Waals surface area contributed by atoms with E-state index >= 15 is 0 Å². The number of rotatable bonds is 2. The second-order valence-electron chi connectivity index (χ2n) is 4.63. The second-order valence-corrected chi connectivity index (χ2v) is 4.63. The smallest absolute Gasteiger partial charge is 0.412 e. The minimum Gasteiger partial charge on any atom is -0.508 e. The third-order valence-corrected chi connectivity index (χ3v) is 1.95. The highest BCUT2D eigenvalue weighted by Gasteiger charge is 2.16. The van der Waals surface area contributed by atoms with Crippen molar-refractivity contribution in [1.82, 2.24) is 0 Å². The van der Waals surface area contributed by atoms with Gasteiger partial charge in [-0.25, -0.2) is 9.64 Å². The van der Waals surface area contributed by atoms with Crippen molar-refractivity contribution in [2.24, 2.45) is 0 Å². The number of benzene rings is 1. The maximum absolute atomic E-state index is 11.5. The van der Waals surface area contributed by atoms with Crippen molar-refractivity contribution in [1.29, 1.82) is 0 Å². The summed E-state index contributed by atoms with van der Waals surface area (Å²) >= 11 is 0. The molecule has 18 heavy (non-hydrogen) atoms. The zero-order chi connectivity index (χ0) is 13.8. The summed E-state index contributed by atoms with van der Waals surface area (Å²) in [4.78, 5) is 14.8. The van der Waals surface area contributed by atoms with Gasteiger partial charge in [0.2, 0.25) is 5.69 Å². The van der Waals surface area contributed by atoms with Crippen molar-refractivity contribution in [3.05, 3.63) is 29.6 Å². The molecule has 0 heterocycles. The van der Waals surface area contributed by atoms with Crippen molar-refractivity contribution in [2.45, 2.75) is 26.4 Å². The van der Waals surface area contributed by atoms with Gasteiger partial charge in [-0.1, -0.05) is 6.07 Å². The van der Waals surface area contributed by atoms with E-state index in [4.69, 9.17) is 16.0 Å². The van der Waals surface area contributed by atoms with Crippen molar-refractivity contribution in [3.63, 3.8) is 0 Å². The van der Waals surface area contributed by atoms with Crippen LogP contribution in [0.25, 0.3) is 4.85 Å². The first-order valence-electron chi connectivity index (χ1n) is 5.41. The second kappa shape index (κ2) is 5.41. The van der Waals surface area contributed by atoms with Crippen LogP contribution in [0.15, 0.2) is 18.2 Å². The van der Waals surface area contributed by atoms with Gasteiger partial charge in [-0.3, -0.25) is 5.32 Å². The Morgan fingerprint density at radius 3 is 2.56 bits per heavy atom. The average Bonchev–Trinajstić information content (AvgIpc) is 2.26. The number of anilines is 1. The fourth-order valence-electron chi connectivity index (χ4n) is 1.27. The SMILES string of the molecule is [C-]#[N+]c1ccc(NC(=O)OC(C)(C)C)cc1OC. The first-order valence-corrected chi connectivity index (χ1v) is 5.41. The van der Waals surface area contributed by atoms with Crippen LogP contribution in [-0.2, 0) is 4.74 Å². The predicted octanol–water partition coefficient (Wildman–Crippen LogP) is 3.59. The van der Waals surface area contributed by atoms with Crippen LogP contribution in [0.5, 0.6) is 5.75 Å². The molecule has 5 nitrogen and oxygen atoms in total. The van der Waals surface area contributed by atoms with E-state index in [9.17, 15) is 4.79 Å². The first-order chi connectivity index (χ1) is 8.35. The minimum absolute atomic E-state index is 0.396. The molecule has 1 rings (SSSR count). The van der Waals surface area contributed by atoms with Gasteiger partial charge in [0.1, 0.15) is 11.4 Å². The molecule has 5 heteroatoms. The number of carbonyl (C=O) groups excluding carboxylic acids is 1. The lowest BCUT2D eigenvalue weighted by molar-refractivity contribution is 0.0636. The lowest BCUT2D eigenvalue weighted by atomic mass is 10.2. The molecule has 0 spiro atoms. The van der Waals surface area contributed by atoms with Crippen molar-refractivity contribution in [3.8, 4) is 5.75 Å². The largest absolute Gasteiger partial charge is 0.508 e. The van der Waals surface area contributed by atoms with Gasteiger partial charge >= 0.3 is 6.09 Å². The summed E-state index contributed by atoms with van der Waals surface area (Å²) in [6.07, 6.45) is -0.542. The van der Waals surface area contributed by atoms with Crippen LogP contribution in [0.3, 0.4) is 0 Å². The molecule has 0 saturated heterocycles. The number of hydrogen-bond donors (Lipinski definition) is 1. The normalized spacial score (nSPS) is 10.4. The summed E-state index contributed by atoms with van der Waals surface area (Å²) in [5.41, 5.74) is 0.366. The molecule has 0 aliphatic carbocycles. The third-order valence-electron chi connectivity index (χ3n) is 1.95. The molecule has 0 saturated carbocycles. The summed E-state index contributed by atoms with van der Waals surface area (Å²) in [5.74, 6) is 0.415. The summed E-state index contributed by atoms with van der Waals surface area (Å²) in [6, 6.07) is 4.79. The van der Waals surface area contributed by atoms with Gasteiger partial charge in [0, 0.05) is 5.69 Å². The molecule has 1 N–H and O–H groups in total. The van der Waals surface area contributed by atoms with E-state index < -0.39 is 11.7 Å². The zero-order valence-corrected chi connectivity index (χ0v) is 10.9. The molecule has 0 atom stereocenters. The molecule has 1 aromatic rings. The summed E-state index contributed by atoms with van der Waals surface area (Å²) in [6.45, 7) is 12.3. The van der Waals surface area contributed by atoms with Crippen LogP contribution in [0.1, 0.15) is 20.8 Å². The highest BCUT2D eigenvalue weighted by Crippen LogP contribution is 2.30. The lowest BCUT2D eigenvalue weighted by Gasteiger charge is -2.19. The number of hydrogen-bond acceptors (Lipinski definition) is 3. The molecule has 0 radical (unpaired) electrons. The lowest BCUT2D eigenvalue weighted by Crippen LogP contribution is -2.27. The van der Waals surface area contributed by atoms with E-state index in [1.165, 1.54) is 7.11 Å². The molecule has 0 aliphatic heterocycles. The Hall–Kier alpha value is -2.22. The van der Waals surface area contributed by atoms with E-state index in [1.807, 2.05) is 0 Å². The highest BCUT2D eigenvalue weighted by atomic mass is 16.6. The molecular weight excluding hydrogens is 232 g/mol. The van der Waals surface area contributed by atoms with Gasteiger partial charge in [-0.15, -0.1) is 0 Å². The molecule has 96 valence electrons. The third kappa shape index (κ3) is 3.98. The van der Waals surface area contributed by atoms with Gasteiger partial charge in [-0.2, -0.15) is 0 Å². The monoisotopic (exact) mass is 248 g/mol. The van der Waals surface area contributed by atoms with Crippen LogP contribution in [0.4, 0.5) is 16.2 Å². The maximum Gasteiger partial charge on any atom is 0.412 e. The standard InChI is InChI=1S/C13H16N2O3/c1-13(2,3)18-12(16)15-9-6-7-10(14-4)11(8-9)17-5/h6-8H,1-3,5H3,(H,15,16). The Morgan fingerprint density at radius 2 is 2.06 bits per heavy atom. The Balaban J connectivity index is 2.81. The fraction of sp³-hybridized carbons (Fsp3) is 0.385. The van der Waals surface area contributed by atoms with Crippen LogP contribution in [-0.4, -0.2) is 18.8 Å². The van der Waals surface area contributed by atoms with Crippen molar-refractivity contribution < 1.29 is 14.3 Å². The van der Waals surface area contributed by atoms with Crippen LogP contribution < -0.4 is 10.1 Å². The number of nitrogens with one attached hydrogen (secondary N) is 1. The quantitative estimate of drug-likeness (QED) is 0.814. The predicted molar refractivity (Wildman–Crippen MR) is 69.1 cm³/mol. The van der Waals surface area contributed by atoms with E-state index in [0.717, 1.165) is 0 Å². The van der Waals surface area contributed by atoms with E-state index in [2.05, 4.69) is 10.2 Å². The molecule has 1 amide bonds. The number of ether oxygens (including phenoxy) is 2. The Kier molecular flexibility index (Phi) is 4.16. The van der Waals surface area contributed by atoms with Gasteiger partial charge < -0.3 is 9.47 Å². The average molecular weight is 248 g/mol. The molecule has 1 aromatic carbocycles. The fourth-order valence-corrected chi connectivity index (χ4v) is 1.27. The Bertz CT molecular complexity index is 484. The van der Waals surface area contributed by atoms with Crippen LogP contribution in [0, 0.1) is 6.57 Å². The first kappa shape index (κ1) is 13.8. The van der Waals surface area contributed by atoms with Gasteiger partial charge in [-0.05, 0) is 32.9 Å². The Morgan fingerprint density at radius 1 is 1.39 bits per heavy atom. The molecule has 0 unspecified atom stereocenters. The van der Waals surface area contributed by atoms with Crippen LogP contribution >= 0.6 is 0 Å². The van der Waals surface area contributed by atoms with Gasteiger partial charge in [0.15, 0.2) is 0 Å². The number of amides is 1. The highest BCUT2D eigenvalue weighted by molar-refractivity contribution is 5.86.